The van der Waals surface area contributed by atoms with Crippen LogP contribution in [0.2, 0.25) is 5.02 Å². The molecule has 30 heavy (non-hydrogen) atoms. The number of fused-ring (bicyclic) bond motifs is 1. The number of hydrogen-bond donors (Lipinski definition) is 1. The molecule has 6 heteroatoms. The van der Waals surface area contributed by atoms with Gasteiger partial charge in [0.15, 0.2) is 0 Å². The summed E-state index contributed by atoms with van der Waals surface area (Å²) in [7, 11) is 0. The van der Waals surface area contributed by atoms with Crippen LogP contribution in [-0.2, 0) is 0 Å². The summed E-state index contributed by atoms with van der Waals surface area (Å²) in [5.74, 6) is -0.0654. The van der Waals surface area contributed by atoms with E-state index in [0.29, 0.717) is 17.1 Å². The van der Waals surface area contributed by atoms with Crippen LogP contribution in [0.25, 0.3) is 0 Å². The molecule has 1 aliphatic heterocycles. The molecule has 1 amide bonds. The van der Waals surface area contributed by atoms with Crippen molar-refractivity contribution in [3.63, 3.8) is 0 Å². The first-order chi connectivity index (χ1) is 14.5. The third-order valence-electron chi connectivity index (χ3n) is 5.09. The van der Waals surface area contributed by atoms with E-state index in [4.69, 9.17) is 28.2 Å². The summed E-state index contributed by atoms with van der Waals surface area (Å²) in [6.07, 6.45) is 5.68. The number of aliphatic imine (C=N–C) groups is 1. The summed E-state index contributed by atoms with van der Waals surface area (Å²) in [5, 5.41) is 4.52. The molecule has 1 aliphatic carbocycles. The third kappa shape index (κ3) is 4.66. The van der Waals surface area contributed by atoms with E-state index < -0.39 is 0 Å². The smallest absolute Gasteiger partial charge is 0.251 e. The topological polar surface area (TPSA) is 41.5 Å². The number of rotatable bonds is 5. The second-order valence-electron chi connectivity index (χ2n) is 7.30. The molecule has 0 radical (unpaired) electrons. The summed E-state index contributed by atoms with van der Waals surface area (Å²) in [6, 6.07) is 13.5. The molecule has 0 bridgehead atoms. The van der Waals surface area contributed by atoms with Gasteiger partial charge in [-0.3, -0.25) is 4.79 Å². The summed E-state index contributed by atoms with van der Waals surface area (Å²) in [5.41, 5.74) is 4.52. The first-order valence-corrected chi connectivity index (χ1v) is 11.7. The number of carbonyl (C=O) groups is 1. The van der Waals surface area contributed by atoms with E-state index in [2.05, 4.69) is 12.2 Å². The minimum absolute atomic E-state index is 0.0654. The lowest BCUT2D eigenvalue weighted by molar-refractivity contribution is 0.0953. The molecule has 0 unspecified atom stereocenters. The van der Waals surface area contributed by atoms with Crippen LogP contribution in [0.1, 0.15) is 48.5 Å². The van der Waals surface area contributed by atoms with Gasteiger partial charge in [-0.15, -0.1) is 0 Å². The lowest BCUT2D eigenvalue weighted by atomic mass is 9.95. The number of unbranched alkanes of at least 4 members (excludes halogenated alkanes) is 1. The zero-order valence-electron chi connectivity index (χ0n) is 16.7. The number of nitrogens with zero attached hydrogens (tertiary/aromatic N) is 1. The van der Waals surface area contributed by atoms with E-state index in [0.717, 1.165) is 57.5 Å². The number of carbonyl (C=O) groups excluding carboxylic acids is 1. The molecule has 0 spiro atoms. The molecule has 4 rings (SSSR count). The first kappa shape index (κ1) is 21.2. The molecule has 2 aliphatic rings. The van der Waals surface area contributed by atoms with E-state index in [1.165, 1.54) is 5.57 Å². The highest BCUT2D eigenvalue weighted by Gasteiger charge is 2.24. The Kier molecular flexibility index (Phi) is 6.67. The average molecular weight is 457 g/mol. The van der Waals surface area contributed by atoms with Crippen molar-refractivity contribution in [1.82, 2.24) is 5.32 Å². The van der Waals surface area contributed by atoms with Gasteiger partial charge in [-0.1, -0.05) is 60.4 Å². The van der Waals surface area contributed by atoms with Crippen molar-refractivity contribution in [2.75, 3.05) is 6.54 Å². The maximum absolute atomic E-state index is 12.6. The minimum atomic E-state index is -0.0654. The van der Waals surface area contributed by atoms with E-state index in [-0.39, 0.29) is 5.91 Å². The molecule has 0 atom stereocenters. The van der Waals surface area contributed by atoms with Crippen molar-refractivity contribution in [3.05, 3.63) is 80.2 Å². The van der Waals surface area contributed by atoms with Crippen LogP contribution < -0.4 is 5.32 Å². The molecule has 2 aromatic carbocycles. The quantitative estimate of drug-likeness (QED) is 0.480. The van der Waals surface area contributed by atoms with Crippen molar-refractivity contribution in [2.24, 2.45) is 4.99 Å². The lowest BCUT2D eigenvalue weighted by Gasteiger charge is -2.17. The van der Waals surface area contributed by atoms with Gasteiger partial charge in [0.05, 0.1) is 11.4 Å². The van der Waals surface area contributed by atoms with Gasteiger partial charge in [0.25, 0.3) is 5.91 Å². The Bertz CT molecular complexity index is 1070. The van der Waals surface area contributed by atoms with Crippen molar-refractivity contribution in [1.29, 1.82) is 0 Å². The monoisotopic (exact) mass is 456 g/mol. The second kappa shape index (κ2) is 9.42. The molecule has 0 saturated carbocycles. The van der Waals surface area contributed by atoms with Crippen molar-refractivity contribution >= 4 is 52.3 Å². The van der Waals surface area contributed by atoms with Crippen LogP contribution in [0.15, 0.2) is 73.9 Å². The predicted octanol–water partition coefficient (Wildman–Crippen LogP) is 7.27. The fourth-order valence-electron chi connectivity index (χ4n) is 3.46. The number of benzene rings is 2. The van der Waals surface area contributed by atoms with Gasteiger partial charge in [-0.25, -0.2) is 4.99 Å². The van der Waals surface area contributed by atoms with Gasteiger partial charge in [0, 0.05) is 37.5 Å². The fourth-order valence-corrected chi connectivity index (χ4v) is 4.96. The van der Waals surface area contributed by atoms with Crippen LogP contribution in [0.3, 0.4) is 0 Å². The molecular formula is C24H22Cl2N2OS. The first-order valence-electron chi connectivity index (χ1n) is 10.1. The molecule has 1 N–H and O–H groups in total. The van der Waals surface area contributed by atoms with Crippen molar-refractivity contribution in [3.8, 4) is 0 Å². The minimum Gasteiger partial charge on any atom is -0.352 e. The fraction of sp³-hybridized carbons (Fsp3) is 0.250. The number of halogens is 2. The molecule has 1 heterocycles. The Labute approximate surface area is 191 Å². The standard InChI is InChI=1S/C24H22Cl2N2OS/c1-2-3-12-27-24(29)16-6-11-21-20(13-16)28-23(15-4-7-17(25)8-5-15)19-10-9-18(26)14-22(19)30-21/h4-8,11,13-14H,2-3,9-10,12H2,1H3,(H,27,29). The molecule has 2 aromatic rings. The summed E-state index contributed by atoms with van der Waals surface area (Å²) < 4.78 is 0. The number of nitrogens with one attached hydrogen (secondary N) is 1. The summed E-state index contributed by atoms with van der Waals surface area (Å²) >= 11 is 14.1. The molecule has 0 fully saturated rings. The van der Waals surface area contributed by atoms with Gasteiger partial charge in [0.2, 0.25) is 0 Å². The Morgan fingerprint density at radius 1 is 1.13 bits per heavy atom. The van der Waals surface area contributed by atoms with Crippen LogP contribution in [0, 0.1) is 0 Å². The number of hydrogen-bond acceptors (Lipinski definition) is 3. The number of thioether (sulfide) groups is 1. The summed E-state index contributed by atoms with van der Waals surface area (Å²) in [6.45, 7) is 2.79. The Morgan fingerprint density at radius 3 is 2.70 bits per heavy atom. The average Bonchev–Trinajstić information content (AvgIpc) is 2.90. The van der Waals surface area contributed by atoms with Crippen molar-refractivity contribution < 1.29 is 4.79 Å². The zero-order chi connectivity index (χ0) is 21.1. The maximum atomic E-state index is 12.6. The van der Waals surface area contributed by atoms with E-state index in [9.17, 15) is 4.79 Å². The molecule has 154 valence electrons. The molecule has 0 saturated heterocycles. The van der Waals surface area contributed by atoms with Gasteiger partial charge in [-0.2, -0.15) is 0 Å². The Morgan fingerprint density at radius 2 is 1.93 bits per heavy atom. The second-order valence-corrected chi connectivity index (χ2v) is 9.30. The normalized spacial score (nSPS) is 15.6. The largest absolute Gasteiger partial charge is 0.352 e. The summed E-state index contributed by atoms with van der Waals surface area (Å²) in [4.78, 5) is 19.7. The van der Waals surface area contributed by atoms with Crippen LogP contribution in [-0.4, -0.2) is 18.2 Å². The Balaban J connectivity index is 1.77. The third-order valence-corrected chi connectivity index (χ3v) is 6.79. The van der Waals surface area contributed by atoms with E-state index >= 15 is 0 Å². The van der Waals surface area contributed by atoms with Crippen LogP contribution in [0.4, 0.5) is 5.69 Å². The number of amides is 1. The highest BCUT2D eigenvalue weighted by atomic mass is 35.5. The van der Waals surface area contributed by atoms with Gasteiger partial charge in [-0.05, 0) is 61.2 Å². The predicted molar refractivity (Wildman–Crippen MR) is 127 cm³/mol. The molecular weight excluding hydrogens is 435 g/mol. The lowest BCUT2D eigenvalue weighted by Crippen LogP contribution is -2.24. The van der Waals surface area contributed by atoms with E-state index in [1.54, 1.807) is 11.8 Å². The maximum Gasteiger partial charge on any atom is 0.251 e. The van der Waals surface area contributed by atoms with Crippen molar-refractivity contribution in [2.45, 2.75) is 37.5 Å². The highest BCUT2D eigenvalue weighted by molar-refractivity contribution is 8.03. The van der Waals surface area contributed by atoms with Gasteiger partial charge >= 0.3 is 0 Å². The highest BCUT2D eigenvalue weighted by Crippen LogP contribution is 2.45. The molecule has 3 nitrogen and oxygen atoms in total. The van der Waals surface area contributed by atoms with Gasteiger partial charge in [0.1, 0.15) is 0 Å². The van der Waals surface area contributed by atoms with Gasteiger partial charge < -0.3 is 5.32 Å². The molecule has 0 aromatic heterocycles. The number of allylic oxidation sites excluding steroid dienone is 3. The van der Waals surface area contributed by atoms with Crippen LogP contribution in [0.5, 0.6) is 0 Å². The van der Waals surface area contributed by atoms with E-state index in [1.807, 2.05) is 48.5 Å². The Hall–Kier alpha value is -2.01. The van der Waals surface area contributed by atoms with Crippen LogP contribution >= 0.6 is 35.0 Å². The zero-order valence-corrected chi connectivity index (χ0v) is 19.0. The SMILES string of the molecule is CCCCNC(=O)c1ccc2c(c1)N=C(c1ccc(Cl)cc1)C1=C(C=C(Cl)CC1)S2.